The van der Waals surface area contributed by atoms with Crippen molar-refractivity contribution in [1.29, 1.82) is 0 Å². The van der Waals surface area contributed by atoms with E-state index in [-0.39, 0.29) is 0 Å². The van der Waals surface area contributed by atoms with Crippen LogP contribution < -0.4 is 10.1 Å². The SMILES string of the molecule is COc1c(C)cc(CN(C)C2CNC2)cc1C. The Labute approximate surface area is 104 Å². The van der Waals surface area contributed by atoms with Crippen LogP contribution in [-0.2, 0) is 6.54 Å². The molecule has 1 aromatic rings. The van der Waals surface area contributed by atoms with Crippen molar-refractivity contribution in [1.82, 2.24) is 10.2 Å². The van der Waals surface area contributed by atoms with Crippen LogP contribution in [0, 0.1) is 13.8 Å². The Morgan fingerprint density at radius 1 is 1.29 bits per heavy atom. The highest BCUT2D eigenvalue weighted by molar-refractivity contribution is 5.43. The Morgan fingerprint density at radius 3 is 2.29 bits per heavy atom. The monoisotopic (exact) mass is 234 g/mol. The van der Waals surface area contributed by atoms with E-state index in [1.807, 2.05) is 0 Å². The lowest BCUT2D eigenvalue weighted by Gasteiger charge is -2.35. The van der Waals surface area contributed by atoms with Gasteiger partial charge in [-0.1, -0.05) is 12.1 Å². The number of benzene rings is 1. The van der Waals surface area contributed by atoms with E-state index in [0.29, 0.717) is 6.04 Å². The molecule has 0 amide bonds. The van der Waals surface area contributed by atoms with Gasteiger partial charge in [0.15, 0.2) is 0 Å². The molecule has 1 saturated heterocycles. The highest BCUT2D eigenvalue weighted by Crippen LogP contribution is 2.25. The van der Waals surface area contributed by atoms with Gasteiger partial charge in [0.05, 0.1) is 7.11 Å². The minimum absolute atomic E-state index is 0.692. The topological polar surface area (TPSA) is 24.5 Å². The average Bonchev–Trinajstić information content (AvgIpc) is 2.13. The van der Waals surface area contributed by atoms with E-state index in [1.165, 1.54) is 16.7 Å². The summed E-state index contributed by atoms with van der Waals surface area (Å²) in [5.41, 5.74) is 3.82. The van der Waals surface area contributed by atoms with E-state index >= 15 is 0 Å². The zero-order chi connectivity index (χ0) is 12.4. The molecule has 1 aliphatic heterocycles. The summed E-state index contributed by atoms with van der Waals surface area (Å²) < 4.78 is 5.39. The molecule has 0 aromatic heterocycles. The van der Waals surface area contributed by atoms with Crippen LogP contribution in [0.5, 0.6) is 5.75 Å². The molecule has 1 heterocycles. The Balaban J connectivity index is 2.10. The van der Waals surface area contributed by atoms with Gasteiger partial charge in [0, 0.05) is 25.7 Å². The van der Waals surface area contributed by atoms with Crippen LogP contribution in [0.3, 0.4) is 0 Å². The lowest BCUT2D eigenvalue weighted by atomic mass is 10.0. The van der Waals surface area contributed by atoms with Gasteiger partial charge >= 0.3 is 0 Å². The summed E-state index contributed by atoms with van der Waals surface area (Å²) in [5, 5.41) is 3.31. The molecule has 3 heteroatoms. The van der Waals surface area contributed by atoms with Crippen molar-refractivity contribution in [2.45, 2.75) is 26.4 Å². The van der Waals surface area contributed by atoms with Crippen LogP contribution in [0.2, 0.25) is 0 Å². The summed E-state index contributed by atoms with van der Waals surface area (Å²) in [7, 11) is 3.93. The Bertz CT molecular complexity index is 376. The average molecular weight is 234 g/mol. The van der Waals surface area contributed by atoms with E-state index in [2.05, 4.69) is 43.2 Å². The van der Waals surface area contributed by atoms with Crippen molar-refractivity contribution >= 4 is 0 Å². The molecule has 1 aromatic carbocycles. The highest BCUT2D eigenvalue weighted by atomic mass is 16.5. The normalized spacial score (nSPS) is 16.1. The maximum Gasteiger partial charge on any atom is 0.124 e. The molecule has 0 bridgehead atoms. The summed E-state index contributed by atoms with van der Waals surface area (Å²) in [5.74, 6) is 1.02. The van der Waals surface area contributed by atoms with Crippen LogP contribution in [0.1, 0.15) is 16.7 Å². The third-order valence-electron chi connectivity index (χ3n) is 3.54. The molecule has 0 aliphatic carbocycles. The number of hydrogen-bond acceptors (Lipinski definition) is 3. The van der Waals surface area contributed by atoms with Gasteiger partial charge in [0.25, 0.3) is 0 Å². The summed E-state index contributed by atoms with van der Waals surface area (Å²) in [6, 6.07) is 5.15. The first-order valence-corrected chi connectivity index (χ1v) is 6.17. The van der Waals surface area contributed by atoms with Crippen LogP contribution in [-0.4, -0.2) is 38.2 Å². The first-order valence-electron chi connectivity index (χ1n) is 6.17. The summed E-state index contributed by atoms with van der Waals surface area (Å²) >= 11 is 0. The zero-order valence-electron chi connectivity index (χ0n) is 11.2. The van der Waals surface area contributed by atoms with Crippen LogP contribution in [0.15, 0.2) is 12.1 Å². The van der Waals surface area contributed by atoms with Gasteiger partial charge in [-0.2, -0.15) is 0 Å². The second-order valence-electron chi connectivity index (χ2n) is 4.99. The van der Waals surface area contributed by atoms with Gasteiger partial charge < -0.3 is 10.1 Å². The van der Waals surface area contributed by atoms with Gasteiger partial charge in [-0.15, -0.1) is 0 Å². The molecule has 1 N–H and O–H groups in total. The van der Waals surface area contributed by atoms with Gasteiger partial charge in [0.2, 0.25) is 0 Å². The lowest BCUT2D eigenvalue weighted by molar-refractivity contribution is 0.173. The van der Waals surface area contributed by atoms with Crippen LogP contribution in [0.25, 0.3) is 0 Å². The molecule has 94 valence electrons. The van der Waals surface area contributed by atoms with E-state index in [4.69, 9.17) is 4.74 Å². The molecule has 0 radical (unpaired) electrons. The molecule has 0 atom stereocenters. The maximum atomic E-state index is 5.39. The Morgan fingerprint density at radius 2 is 1.88 bits per heavy atom. The van der Waals surface area contributed by atoms with Crippen molar-refractivity contribution in [2.24, 2.45) is 0 Å². The third-order valence-corrected chi connectivity index (χ3v) is 3.54. The largest absolute Gasteiger partial charge is 0.496 e. The quantitative estimate of drug-likeness (QED) is 0.858. The fourth-order valence-electron chi connectivity index (χ4n) is 2.46. The zero-order valence-corrected chi connectivity index (χ0v) is 11.2. The standard InChI is InChI=1S/C14H22N2O/c1-10-5-12(6-11(2)14(10)17-4)9-16(3)13-7-15-8-13/h5-6,13,15H,7-9H2,1-4H3. The number of hydrogen-bond donors (Lipinski definition) is 1. The fraction of sp³-hybridized carbons (Fsp3) is 0.571. The number of likely N-dealkylation sites (N-methyl/N-ethyl adjacent to an activating group) is 1. The number of methoxy groups -OCH3 is 1. The predicted molar refractivity (Wildman–Crippen MR) is 70.6 cm³/mol. The van der Waals surface area contributed by atoms with E-state index in [0.717, 1.165) is 25.4 Å². The predicted octanol–water partition coefficient (Wildman–Crippen LogP) is 1.72. The van der Waals surface area contributed by atoms with Gasteiger partial charge in [-0.05, 0) is 37.6 Å². The van der Waals surface area contributed by atoms with E-state index in [1.54, 1.807) is 7.11 Å². The number of rotatable bonds is 4. The minimum Gasteiger partial charge on any atom is -0.496 e. The smallest absolute Gasteiger partial charge is 0.124 e. The minimum atomic E-state index is 0.692. The Hall–Kier alpha value is -1.06. The molecule has 1 aliphatic rings. The second-order valence-corrected chi connectivity index (χ2v) is 4.99. The molecule has 0 unspecified atom stereocenters. The van der Waals surface area contributed by atoms with Crippen molar-refractivity contribution in [3.63, 3.8) is 0 Å². The number of nitrogens with one attached hydrogen (secondary N) is 1. The first-order chi connectivity index (χ1) is 8.11. The van der Waals surface area contributed by atoms with E-state index in [9.17, 15) is 0 Å². The van der Waals surface area contributed by atoms with Crippen molar-refractivity contribution in [3.8, 4) is 5.75 Å². The van der Waals surface area contributed by atoms with Gasteiger partial charge in [-0.25, -0.2) is 0 Å². The summed E-state index contributed by atoms with van der Waals surface area (Å²) in [4.78, 5) is 2.41. The van der Waals surface area contributed by atoms with Crippen molar-refractivity contribution < 1.29 is 4.74 Å². The van der Waals surface area contributed by atoms with Crippen molar-refractivity contribution in [2.75, 3.05) is 27.2 Å². The van der Waals surface area contributed by atoms with Crippen LogP contribution in [0.4, 0.5) is 0 Å². The second kappa shape index (κ2) is 5.07. The summed E-state index contributed by atoms with van der Waals surface area (Å²) in [6.07, 6.45) is 0. The number of aryl methyl sites for hydroxylation is 2. The molecule has 2 rings (SSSR count). The molecule has 3 nitrogen and oxygen atoms in total. The molecule has 0 saturated carbocycles. The molecule has 1 fully saturated rings. The molecule has 0 spiro atoms. The van der Waals surface area contributed by atoms with Crippen LogP contribution >= 0.6 is 0 Å². The van der Waals surface area contributed by atoms with Gasteiger partial charge in [-0.3, -0.25) is 4.90 Å². The third kappa shape index (κ3) is 2.61. The van der Waals surface area contributed by atoms with E-state index < -0.39 is 0 Å². The molecular formula is C14H22N2O. The molecule has 17 heavy (non-hydrogen) atoms. The molecular weight excluding hydrogens is 212 g/mol. The first kappa shape index (κ1) is 12.4. The maximum absolute atomic E-state index is 5.39. The number of ether oxygens (including phenoxy) is 1. The van der Waals surface area contributed by atoms with Crippen molar-refractivity contribution in [3.05, 3.63) is 28.8 Å². The fourth-order valence-corrected chi connectivity index (χ4v) is 2.46. The van der Waals surface area contributed by atoms with Gasteiger partial charge in [0.1, 0.15) is 5.75 Å². The highest BCUT2D eigenvalue weighted by Gasteiger charge is 2.21. The summed E-state index contributed by atoms with van der Waals surface area (Å²) in [6.45, 7) is 7.47. The lowest BCUT2D eigenvalue weighted by Crippen LogP contribution is -2.55. The number of nitrogens with zero attached hydrogens (tertiary/aromatic N) is 1. The Kier molecular flexibility index (Phi) is 3.69.